The Balaban J connectivity index is 1.50. The third-order valence-corrected chi connectivity index (χ3v) is 6.85. The van der Waals surface area contributed by atoms with Gasteiger partial charge in [-0.15, -0.1) is 0 Å². The first-order valence-electron chi connectivity index (χ1n) is 11.1. The fourth-order valence-corrected chi connectivity index (χ4v) is 5.17. The first kappa shape index (κ1) is 21.0. The van der Waals surface area contributed by atoms with Crippen molar-refractivity contribution < 1.29 is 23.8 Å². The highest BCUT2D eigenvalue weighted by molar-refractivity contribution is 5.89. The van der Waals surface area contributed by atoms with Crippen LogP contribution in [0.3, 0.4) is 0 Å². The first-order valence-corrected chi connectivity index (χ1v) is 11.1. The van der Waals surface area contributed by atoms with Crippen molar-refractivity contribution in [3.8, 4) is 11.5 Å². The van der Waals surface area contributed by atoms with Gasteiger partial charge in [-0.3, -0.25) is 9.59 Å². The van der Waals surface area contributed by atoms with Gasteiger partial charge in [0, 0.05) is 38.3 Å². The van der Waals surface area contributed by atoms with Crippen molar-refractivity contribution >= 4 is 11.8 Å². The topological polar surface area (TPSA) is 68.3 Å². The second-order valence-corrected chi connectivity index (χ2v) is 8.56. The third kappa shape index (κ3) is 4.26. The molecule has 0 N–H and O–H groups in total. The molecule has 164 valence electrons. The highest BCUT2D eigenvalue weighted by atomic mass is 16.5. The second-order valence-electron chi connectivity index (χ2n) is 8.56. The summed E-state index contributed by atoms with van der Waals surface area (Å²) in [4.78, 5) is 30.6. The molecule has 7 nitrogen and oxygen atoms in total. The number of methoxy groups -OCH3 is 1. The molecular weight excluding hydrogens is 384 g/mol. The summed E-state index contributed by atoms with van der Waals surface area (Å²) in [5.74, 6) is 1.35. The van der Waals surface area contributed by atoms with Gasteiger partial charge in [-0.25, -0.2) is 0 Å². The van der Waals surface area contributed by atoms with E-state index >= 15 is 0 Å². The fourth-order valence-electron chi connectivity index (χ4n) is 5.17. The smallest absolute Gasteiger partial charge is 0.261 e. The molecular formula is C23H32N2O5. The van der Waals surface area contributed by atoms with E-state index in [1.54, 1.807) is 36.3 Å². The van der Waals surface area contributed by atoms with Crippen LogP contribution in [-0.2, 0) is 14.3 Å². The Kier molecular flexibility index (Phi) is 6.46. The molecule has 1 aromatic carbocycles. The number of hydrogen-bond donors (Lipinski definition) is 0. The summed E-state index contributed by atoms with van der Waals surface area (Å²) in [7, 11) is 1.61. The van der Waals surface area contributed by atoms with Gasteiger partial charge < -0.3 is 24.0 Å². The number of ether oxygens (including phenoxy) is 3. The summed E-state index contributed by atoms with van der Waals surface area (Å²) < 4.78 is 16.5. The summed E-state index contributed by atoms with van der Waals surface area (Å²) >= 11 is 0. The van der Waals surface area contributed by atoms with Crippen molar-refractivity contribution in [2.45, 2.75) is 44.6 Å². The summed E-state index contributed by atoms with van der Waals surface area (Å²) in [6.45, 7) is 3.46. The molecule has 0 radical (unpaired) electrons. The minimum atomic E-state index is -0.403. The van der Waals surface area contributed by atoms with Crippen LogP contribution in [0.1, 0.15) is 38.5 Å². The van der Waals surface area contributed by atoms with Crippen LogP contribution in [0.15, 0.2) is 24.3 Å². The minimum absolute atomic E-state index is 0.0668. The molecule has 3 heterocycles. The molecule has 1 atom stereocenters. The van der Waals surface area contributed by atoms with E-state index in [-0.39, 0.29) is 23.8 Å². The lowest BCUT2D eigenvalue weighted by atomic mass is 9.67. The number of carbonyl (C=O) groups is 2. The number of benzene rings is 1. The van der Waals surface area contributed by atoms with Crippen molar-refractivity contribution in [1.82, 2.24) is 9.80 Å². The second kappa shape index (κ2) is 9.25. The Bertz CT molecular complexity index is 733. The highest BCUT2D eigenvalue weighted by Crippen LogP contribution is 2.45. The molecule has 1 unspecified atom stereocenters. The van der Waals surface area contributed by atoms with Crippen LogP contribution in [-0.4, -0.2) is 74.2 Å². The fraction of sp³-hybridized carbons (Fsp3) is 0.652. The van der Waals surface area contributed by atoms with Gasteiger partial charge in [0.05, 0.1) is 7.11 Å². The summed E-state index contributed by atoms with van der Waals surface area (Å²) in [6, 6.07) is 6.78. The molecule has 3 saturated heterocycles. The molecule has 0 aliphatic carbocycles. The van der Waals surface area contributed by atoms with Crippen molar-refractivity contribution in [2.24, 2.45) is 5.41 Å². The lowest BCUT2D eigenvalue weighted by molar-refractivity contribution is -0.161. The van der Waals surface area contributed by atoms with Crippen LogP contribution in [0, 0.1) is 5.41 Å². The van der Waals surface area contributed by atoms with Gasteiger partial charge in [0.15, 0.2) is 6.61 Å². The Morgan fingerprint density at radius 1 is 1.00 bits per heavy atom. The standard InChI is InChI=1S/C23H32N2O5/c1-28-18-5-7-19(8-6-18)30-17-20(26)25-14-4-9-23(10-15-29-16-11-23)21(25)22(27)24-12-2-3-13-24/h5-8,21H,2-4,9-17H2,1H3. The van der Waals surface area contributed by atoms with Crippen LogP contribution >= 0.6 is 0 Å². The Labute approximate surface area is 178 Å². The molecule has 1 spiro atoms. The summed E-state index contributed by atoms with van der Waals surface area (Å²) in [5, 5.41) is 0. The van der Waals surface area contributed by atoms with E-state index in [2.05, 4.69) is 0 Å². The van der Waals surface area contributed by atoms with Gasteiger partial charge in [0.25, 0.3) is 5.91 Å². The van der Waals surface area contributed by atoms with Gasteiger partial charge in [0.2, 0.25) is 5.91 Å². The third-order valence-electron chi connectivity index (χ3n) is 6.85. The maximum Gasteiger partial charge on any atom is 0.261 e. The summed E-state index contributed by atoms with van der Waals surface area (Å²) in [6.07, 6.45) is 5.65. The minimum Gasteiger partial charge on any atom is -0.497 e. The van der Waals surface area contributed by atoms with E-state index < -0.39 is 6.04 Å². The molecule has 0 saturated carbocycles. The molecule has 3 aliphatic rings. The SMILES string of the molecule is COc1ccc(OCC(=O)N2CCCC3(CCOCC3)C2C(=O)N2CCCC2)cc1. The van der Waals surface area contributed by atoms with E-state index in [0.717, 1.165) is 57.4 Å². The number of rotatable bonds is 5. The quantitative estimate of drug-likeness (QED) is 0.738. The zero-order valence-electron chi connectivity index (χ0n) is 17.8. The Morgan fingerprint density at radius 3 is 2.33 bits per heavy atom. The number of carbonyl (C=O) groups excluding carboxylic acids is 2. The van der Waals surface area contributed by atoms with Crippen LogP contribution < -0.4 is 9.47 Å². The van der Waals surface area contributed by atoms with E-state index in [1.807, 2.05) is 4.90 Å². The van der Waals surface area contributed by atoms with E-state index in [0.29, 0.717) is 25.5 Å². The van der Waals surface area contributed by atoms with Crippen LogP contribution in [0.25, 0.3) is 0 Å². The predicted octanol–water partition coefficient (Wildman–Crippen LogP) is 2.48. The van der Waals surface area contributed by atoms with Gasteiger partial charge in [-0.2, -0.15) is 0 Å². The maximum absolute atomic E-state index is 13.6. The molecule has 0 aromatic heterocycles. The molecule has 3 aliphatic heterocycles. The predicted molar refractivity (Wildman–Crippen MR) is 112 cm³/mol. The van der Waals surface area contributed by atoms with E-state index in [9.17, 15) is 9.59 Å². The van der Waals surface area contributed by atoms with Crippen LogP contribution in [0.2, 0.25) is 0 Å². The number of hydrogen-bond acceptors (Lipinski definition) is 5. The molecule has 2 amide bonds. The van der Waals surface area contributed by atoms with Crippen molar-refractivity contribution in [2.75, 3.05) is 46.6 Å². The average molecular weight is 417 g/mol. The zero-order valence-corrected chi connectivity index (χ0v) is 17.8. The lowest BCUT2D eigenvalue weighted by Crippen LogP contribution is -2.63. The molecule has 4 rings (SSSR count). The van der Waals surface area contributed by atoms with Gasteiger partial charge in [0.1, 0.15) is 17.5 Å². The number of nitrogens with zero attached hydrogens (tertiary/aromatic N) is 2. The van der Waals surface area contributed by atoms with E-state index in [4.69, 9.17) is 14.2 Å². The normalized spacial score (nSPS) is 23.4. The van der Waals surface area contributed by atoms with E-state index in [1.165, 1.54) is 0 Å². The largest absolute Gasteiger partial charge is 0.497 e. The van der Waals surface area contributed by atoms with Crippen molar-refractivity contribution in [3.63, 3.8) is 0 Å². The number of piperidine rings is 1. The Morgan fingerprint density at radius 2 is 1.67 bits per heavy atom. The zero-order chi connectivity index (χ0) is 21.0. The van der Waals surface area contributed by atoms with Gasteiger partial charge >= 0.3 is 0 Å². The highest BCUT2D eigenvalue weighted by Gasteiger charge is 2.51. The molecule has 1 aromatic rings. The van der Waals surface area contributed by atoms with Gasteiger partial charge in [-0.1, -0.05) is 0 Å². The van der Waals surface area contributed by atoms with Crippen LogP contribution in [0.5, 0.6) is 11.5 Å². The molecule has 3 fully saturated rings. The Hall–Kier alpha value is -2.28. The maximum atomic E-state index is 13.6. The summed E-state index contributed by atoms with van der Waals surface area (Å²) in [5.41, 5.74) is -0.175. The molecule has 0 bridgehead atoms. The average Bonchev–Trinajstić information content (AvgIpc) is 3.33. The number of likely N-dealkylation sites (tertiary alicyclic amines) is 2. The van der Waals surface area contributed by atoms with Crippen LogP contribution in [0.4, 0.5) is 0 Å². The first-order chi connectivity index (χ1) is 14.6. The van der Waals surface area contributed by atoms with Gasteiger partial charge in [-0.05, 0) is 62.8 Å². The number of amides is 2. The monoisotopic (exact) mass is 416 g/mol. The lowest BCUT2D eigenvalue weighted by Gasteiger charge is -2.51. The molecule has 30 heavy (non-hydrogen) atoms. The van der Waals surface area contributed by atoms with Crippen molar-refractivity contribution in [1.29, 1.82) is 0 Å². The van der Waals surface area contributed by atoms with Crippen molar-refractivity contribution in [3.05, 3.63) is 24.3 Å². The molecule has 7 heteroatoms.